The van der Waals surface area contributed by atoms with E-state index in [2.05, 4.69) is 20.3 Å². The third kappa shape index (κ3) is 4.24. The number of aliphatic imine (C=N–C) groups is 2. The van der Waals surface area contributed by atoms with E-state index in [0.29, 0.717) is 34.4 Å². The molecule has 0 saturated heterocycles. The van der Waals surface area contributed by atoms with E-state index in [1.807, 2.05) is 54.7 Å². The summed E-state index contributed by atoms with van der Waals surface area (Å²) in [5.41, 5.74) is 2.73. The molecule has 0 spiro atoms. The first-order valence-corrected chi connectivity index (χ1v) is 13.7. The van der Waals surface area contributed by atoms with Crippen molar-refractivity contribution in [3.63, 3.8) is 0 Å². The number of hydrogen-bond acceptors (Lipinski definition) is 7. The van der Waals surface area contributed by atoms with Crippen molar-refractivity contribution in [2.24, 2.45) is 9.98 Å². The molecular weight excluding hydrogens is 508 g/mol. The highest BCUT2D eigenvalue weighted by molar-refractivity contribution is 7.96. The van der Waals surface area contributed by atoms with E-state index in [1.165, 1.54) is 6.33 Å². The molecule has 186 valence electrons. The fourth-order valence-electron chi connectivity index (χ4n) is 4.65. The van der Waals surface area contributed by atoms with Gasteiger partial charge in [0.25, 0.3) is 0 Å². The van der Waals surface area contributed by atoms with Gasteiger partial charge in [-0.25, -0.2) is 28.4 Å². The van der Waals surface area contributed by atoms with E-state index in [4.69, 9.17) is 21.6 Å². The Balaban J connectivity index is 1.62. The predicted octanol–water partition coefficient (Wildman–Crippen LogP) is 2.75. The lowest BCUT2D eigenvalue weighted by atomic mass is 9.91. The Morgan fingerprint density at radius 1 is 1.00 bits per heavy atom. The molecule has 4 aliphatic heterocycles. The van der Waals surface area contributed by atoms with Crippen LogP contribution in [0.25, 0.3) is 12.2 Å². The summed E-state index contributed by atoms with van der Waals surface area (Å²) in [6.45, 7) is 3.34. The minimum absolute atomic E-state index is 0.154. The quantitative estimate of drug-likeness (QED) is 0.593. The predicted molar refractivity (Wildman–Crippen MR) is 146 cm³/mol. The topological polar surface area (TPSA) is 112 Å². The molecule has 0 aliphatic carbocycles. The van der Waals surface area contributed by atoms with Gasteiger partial charge in [0.15, 0.2) is 9.84 Å². The zero-order valence-corrected chi connectivity index (χ0v) is 21.7. The smallest absolute Gasteiger partial charge is 0.184 e. The number of allylic oxidation sites excluding steroid dienone is 4. The third-order valence-electron chi connectivity index (χ3n) is 6.54. The molecule has 6 rings (SSSR count). The molecule has 8 bridgehead atoms. The standard InChI is InChI=1S/C27H23ClN6O2S/c1-16(2)37(35,36)26-22-8-7-20(33-22)12-18-4-3-17(31-18)11-19-5-6-21(32-19)14-27(10-9-23(26)34-27)24-13-25(28)30-15-29-24/h3-9,11-16,31,34H,10H2,1-2H3. The van der Waals surface area contributed by atoms with Crippen molar-refractivity contribution in [3.8, 4) is 0 Å². The summed E-state index contributed by atoms with van der Waals surface area (Å²) >= 11 is 6.24. The number of sulfone groups is 1. The van der Waals surface area contributed by atoms with Gasteiger partial charge in [0, 0.05) is 17.1 Å². The molecule has 0 amide bonds. The van der Waals surface area contributed by atoms with Gasteiger partial charge in [-0.2, -0.15) is 0 Å². The van der Waals surface area contributed by atoms with Crippen LogP contribution >= 0.6 is 11.6 Å². The average Bonchev–Trinajstić information content (AvgIpc) is 3.64. The molecule has 0 aromatic carbocycles. The van der Waals surface area contributed by atoms with Gasteiger partial charge in [0.1, 0.15) is 21.9 Å². The monoisotopic (exact) mass is 530 g/mol. The Morgan fingerprint density at radius 2 is 1.73 bits per heavy atom. The first kappa shape index (κ1) is 23.6. The first-order chi connectivity index (χ1) is 17.7. The van der Waals surface area contributed by atoms with Crippen molar-refractivity contribution in [2.75, 3.05) is 0 Å². The fourth-order valence-corrected chi connectivity index (χ4v) is 6.12. The van der Waals surface area contributed by atoms with Gasteiger partial charge in [-0.05, 0) is 74.6 Å². The van der Waals surface area contributed by atoms with Crippen LogP contribution in [0.1, 0.15) is 26.0 Å². The number of rotatable bonds is 3. The molecule has 0 radical (unpaired) electrons. The number of H-pyrrole nitrogens is 1. The Morgan fingerprint density at radius 3 is 2.46 bits per heavy atom. The number of fused-ring (bicyclic) bond motifs is 6. The fraction of sp³-hybridized carbons (Fsp3) is 0.185. The summed E-state index contributed by atoms with van der Waals surface area (Å²) in [6.07, 6.45) is 16.9. The van der Waals surface area contributed by atoms with Crippen LogP contribution in [0.2, 0.25) is 5.15 Å². The molecule has 8 nitrogen and oxygen atoms in total. The van der Waals surface area contributed by atoms with Crippen molar-refractivity contribution in [2.45, 2.75) is 31.1 Å². The minimum atomic E-state index is -3.72. The molecule has 2 aromatic rings. The van der Waals surface area contributed by atoms with E-state index < -0.39 is 20.6 Å². The SMILES string of the molecule is CC(C)S(=O)(=O)C1=C2C=CC(=N2)C=c2ccc([nH]2)=CC2=NC(=CC3(c4cc(Cl)ncn4)CC=C1N3)C=C2. The molecule has 2 aromatic heterocycles. The zero-order chi connectivity index (χ0) is 25.8. The maximum Gasteiger partial charge on any atom is 0.184 e. The number of nitrogens with zero attached hydrogens (tertiary/aromatic N) is 4. The Kier molecular flexibility index (Phi) is 5.50. The largest absolute Gasteiger partial charge is 0.370 e. The van der Waals surface area contributed by atoms with Crippen LogP contribution in [0.15, 0.2) is 93.0 Å². The highest BCUT2D eigenvalue weighted by atomic mass is 35.5. The lowest BCUT2D eigenvalue weighted by molar-refractivity contribution is 0.486. The van der Waals surface area contributed by atoms with Gasteiger partial charge in [-0.3, -0.25) is 0 Å². The summed E-state index contributed by atoms with van der Waals surface area (Å²) in [7, 11) is -3.72. The van der Waals surface area contributed by atoms with Crippen LogP contribution in [0.3, 0.4) is 0 Å². The van der Waals surface area contributed by atoms with Crippen LogP contribution in [0, 0.1) is 0 Å². The van der Waals surface area contributed by atoms with Crippen LogP contribution < -0.4 is 16.0 Å². The lowest BCUT2D eigenvalue weighted by Gasteiger charge is -2.28. The second-order valence-corrected chi connectivity index (χ2v) is 12.2. The highest BCUT2D eigenvalue weighted by Gasteiger charge is 2.41. The van der Waals surface area contributed by atoms with Gasteiger partial charge in [0.05, 0.1) is 39.5 Å². The van der Waals surface area contributed by atoms with Crippen molar-refractivity contribution < 1.29 is 8.42 Å². The lowest BCUT2D eigenvalue weighted by Crippen LogP contribution is -2.38. The third-order valence-corrected chi connectivity index (χ3v) is 8.98. The molecule has 10 heteroatoms. The second kappa shape index (κ2) is 8.64. The molecule has 4 aliphatic rings. The zero-order valence-electron chi connectivity index (χ0n) is 20.1. The Bertz CT molecular complexity index is 1790. The van der Waals surface area contributed by atoms with Gasteiger partial charge >= 0.3 is 0 Å². The van der Waals surface area contributed by atoms with Crippen molar-refractivity contribution in [3.05, 3.63) is 105 Å². The molecule has 1 atom stereocenters. The molecule has 6 heterocycles. The molecule has 2 N–H and O–H groups in total. The summed E-state index contributed by atoms with van der Waals surface area (Å²) in [5.74, 6) is 0. The van der Waals surface area contributed by atoms with Crippen LogP contribution in [0.4, 0.5) is 0 Å². The van der Waals surface area contributed by atoms with Gasteiger partial charge in [0.2, 0.25) is 0 Å². The van der Waals surface area contributed by atoms with E-state index in [0.717, 1.165) is 22.1 Å². The average molecular weight is 531 g/mol. The maximum absolute atomic E-state index is 13.7. The van der Waals surface area contributed by atoms with Crippen LogP contribution in [-0.4, -0.2) is 40.0 Å². The Labute approximate surface area is 218 Å². The molecule has 0 fully saturated rings. The van der Waals surface area contributed by atoms with Crippen LogP contribution in [-0.2, 0) is 15.4 Å². The normalized spacial score (nSPS) is 22.3. The number of aromatic amines is 1. The number of halogens is 1. The number of aromatic nitrogens is 3. The Hall–Kier alpha value is -3.82. The van der Waals surface area contributed by atoms with Gasteiger partial charge in [-0.15, -0.1) is 0 Å². The van der Waals surface area contributed by atoms with Gasteiger partial charge < -0.3 is 10.3 Å². The van der Waals surface area contributed by atoms with E-state index >= 15 is 0 Å². The first-order valence-electron chi connectivity index (χ1n) is 11.8. The van der Waals surface area contributed by atoms with Crippen molar-refractivity contribution in [1.29, 1.82) is 0 Å². The van der Waals surface area contributed by atoms with E-state index in [1.54, 1.807) is 26.0 Å². The molecule has 1 unspecified atom stereocenters. The highest BCUT2D eigenvalue weighted by Crippen LogP contribution is 2.40. The summed E-state index contributed by atoms with van der Waals surface area (Å²) < 4.78 is 27.3. The van der Waals surface area contributed by atoms with E-state index in [-0.39, 0.29) is 4.91 Å². The van der Waals surface area contributed by atoms with Crippen molar-refractivity contribution >= 4 is 45.0 Å². The maximum atomic E-state index is 13.7. The molecule has 37 heavy (non-hydrogen) atoms. The summed E-state index contributed by atoms with van der Waals surface area (Å²) in [6, 6.07) is 5.59. The summed E-state index contributed by atoms with van der Waals surface area (Å²) in [4.78, 5) is 21.5. The molecular formula is C27H23ClN6O2S. The van der Waals surface area contributed by atoms with E-state index in [9.17, 15) is 8.42 Å². The summed E-state index contributed by atoms with van der Waals surface area (Å²) in [5, 5.41) is 4.87. The number of hydrogen-bond donors (Lipinski definition) is 2. The minimum Gasteiger partial charge on any atom is -0.370 e. The number of nitrogens with one attached hydrogen (secondary N) is 2. The molecule has 0 saturated carbocycles. The second-order valence-electron chi connectivity index (χ2n) is 9.42. The van der Waals surface area contributed by atoms with Crippen LogP contribution in [0.5, 0.6) is 0 Å². The van der Waals surface area contributed by atoms with Gasteiger partial charge in [-0.1, -0.05) is 17.7 Å². The van der Waals surface area contributed by atoms with Crippen molar-refractivity contribution in [1.82, 2.24) is 20.3 Å².